The van der Waals surface area contributed by atoms with Crippen LogP contribution in [-0.4, -0.2) is 0 Å². The van der Waals surface area contributed by atoms with Gasteiger partial charge >= 0.3 is 0 Å². The molecule has 1 nitrogen and oxygen atoms in total. The second-order valence-electron chi connectivity index (χ2n) is 9.93. The first-order valence-corrected chi connectivity index (χ1v) is 15.6. The molecule has 0 saturated carbocycles. The molecule has 0 fully saturated rings. The molecule has 0 atom stereocenters. The molecule has 6 aromatic carbocycles. The van der Waals surface area contributed by atoms with E-state index in [-0.39, 0.29) is 0 Å². The number of hydrogen-bond donors (Lipinski definition) is 0. The molecule has 0 aliphatic rings. The number of anilines is 3. The predicted molar refractivity (Wildman–Crippen MR) is 180 cm³/mol. The number of thiophene rings is 2. The van der Waals surface area contributed by atoms with Gasteiger partial charge in [-0.3, -0.25) is 0 Å². The Balaban J connectivity index is 1.39. The van der Waals surface area contributed by atoms with Gasteiger partial charge in [0.25, 0.3) is 0 Å². The minimum Gasteiger partial charge on any atom is -0.309 e. The average molecular weight is 613 g/mol. The average Bonchev–Trinajstić information content (AvgIpc) is 3.56. The molecule has 8 aromatic rings. The lowest BCUT2D eigenvalue weighted by Crippen LogP contribution is -2.10. The summed E-state index contributed by atoms with van der Waals surface area (Å²) >= 11 is 7.57. The van der Waals surface area contributed by atoms with E-state index in [9.17, 15) is 0 Å². The van der Waals surface area contributed by atoms with Crippen LogP contribution in [0, 0.1) is 0 Å². The van der Waals surface area contributed by atoms with Crippen molar-refractivity contribution >= 4 is 96.0 Å². The third-order valence-corrected chi connectivity index (χ3v) is 10.3. The summed E-state index contributed by atoms with van der Waals surface area (Å²) in [5, 5.41) is 5.18. The van der Waals surface area contributed by atoms with E-state index >= 15 is 0 Å². The molecular weight excluding hydrogens is 590 g/mol. The molecule has 40 heavy (non-hydrogen) atoms. The molecule has 190 valence electrons. The lowest BCUT2D eigenvalue weighted by atomic mass is 10.0. The van der Waals surface area contributed by atoms with Gasteiger partial charge in [0.15, 0.2) is 0 Å². The van der Waals surface area contributed by atoms with Crippen LogP contribution in [0.3, 0.4) is 0 Å². The molecule has 0 aliphatic carbocycles. The molecule has 0 bridgehead atoms. The van der Waals surface area contributed by atoms with E-state index in [0.717, 1.165) is 15.8 Å². The predicted octanol–water partition coefficient (Wildman–Crippen LogP) is 12.3. The van der Waals surface area contributed by atoms with Crippen molar-refractivity contribution in [1.29, 1.82) is 0 Å². The minimum atomic E-state index is 1.08. The van der Waals surface area contributed by atoms with Gasteiger partial charge < -0.3 is 4.90 Å². The number of nitrogens with zero attached hydrogens (tertiary/aromatic N) is 1. The monoisotopic (exact) mass is 611 g/mol. The molecule has 0 spiro atoms. The van der Waals surface area contributed by atoms with E-state index in [1.807, 2.05) is 22.7 Å². The second kappa shape index (κ2) is 9.60. The maximum absolute atomic E-state index is 3.86. The summed E-state index contributed by atoms with van der Waals surface area (Å²) in [6.45, 7) is 0. The van der Waals surface area contributed by atoms with Crippen molar-refractivity contribution in [3.05, 3.63) is 138 Å². The summed E-state index contributed by atoms with van der Waals surface area (Å²) in [4.78, 5) is 2.42. The summed E-state index contributed by atoms with van der Waals surface area (Å²) < 4.78 is 6.29. The molecule has 2 aromatic heterocycles. The van der Waals surface area contributed by atoms with Crippen LogP contribution in [0.25, 0.3) is 51.5 Å². The van der Waals surface area contributed by atoms with Crippen LogP contribution in [0.15, 0.2) is 138 Å². The van der Waals surface area contributed by atoms with Gasteiger partial charge in [-0.1, -0.05) is 94.8 Å². The number of rotatable bonds is 4. The number of fused-ring (bicyclic) bond motifs is 6. The molecule has 0 saturated heterocycles. The zero-order valence-corrected chi connectivity index (χ0v) is 24.6. The highest BCUT2D eigenvalue weighted by atomic mass is 79.9. The van der Waals surface area contributed by atoms with Gasteiger partial charge in [0.05, 0.1) is 10.4 Å². The number of benzene rings is 6. The van der Waals surface area contributed by atoms with E-state index in [2.05, 4.69) is 154 Å². The highest BCUT2D eigenvalue weighted by molar-refractivity contribution is 9.10. The Labute approximate surface area is 248 Å². The van der Waals surface area contributed by atoms with Gasteiger partial charge in [-0.15, -0.1) is 22.7 Å². The Hall–Kier alpha value is -3.96. The van der Waals surface area contributed by atoms with Crippen molar-refractivity contribution in [3.8, 4) is 11.1 Å². The SMILES string of the molecule is Brc1cc(N(c2ccc(-c3ccccc3)cc2)c2ccc3sc4ccccc4c3c2)c2sc3ccccc3c2c1. The van der Waals surface area contributed by atoms with Gasteiger partial charge in [0, 0.05) is 51.5 Å². The van der Waals surface area contributed by atoms with Crippen LogP contribution in [-0.2, 0) is 0 Å². The van der Waals surface area contributed by atoms with Gasteiger partial charge in [-0.05, 0) is 65.7 Å². The van der Waals surface area contributed by atoms with E-state index < -0.39 is 0 Å². The summed E-state index contributed by atoms with van der Waals surface area (Å²) in [5.74, 6) is 0. The van der Waals surface area contributed by atoms with Gasteiger partial charge in [0.2, 0.25) is 0 Å². The van der Waals surface area contributed by atoms with Crippen LogP contribution >= 0.6 is 38.6 Å². The smallest absolute Gasteiger partial charge is 0.0651 e. The molecule has 0 unspecified atom stereocenters. The van der Waals surface area contributed by atoms with Crippen molar-refractivity contribution in [1.82, 2.24) is 0 Å². The second-order valence-corrected chi connectivity index (χ2v) is 13.0. The Morgan fingerprint density at radius 2 is 1.05 bits per heavy atom. The van der Waals surface area contributed by atoms with Crippen molar-refractivity contribution in [2.24, 2.45) is 0 Å². The van der Waals surface area contributed by atoms with Crippen LogP contribution < -0.4 is 4.90 Å². The highest BCUT2D eigenvalue weighted by Crippen LogP contribution is 2.47. The molecular formula is C36H22BrNS2. The Bertz CT molecular complexity index is 2180. The molecule has 4 heteroatoms. The molecule has 0 amide bonds. The minimum absolute atomic E-state index is 1.08. The first-order valence-electron chi connectivity index (χ1n) is 13.2. The largest absolute Gasteiger partial charge is 0.309 e. The Morgan fingerprint density at radius 1 is 0.450 bits per heavy atom. The molecule has 8 rings (SSSR count). The first kappa shape index (κ1) is 23.9. The quantitative estimate of drug-likeness (QED) is 0.191. The van der Waals surface area contributed by atoms with Gasteiger partial charge in [-0.2, -0.15) is 0 Å². The number of halogens is 1. The standard InChI is InChI=1S/C36H22BrNS2/c37-25-20-31-29-11-5-7-13-34(29)40-36(31)32(21-25)38(26-16-14-24(15-17-26)23-8-2-1-3-9-23)27-18-19-35-30(22-27)28-10-4-6-12-33(28)39-35/h1-22H. The van der Waals surface area contributed by atoms with Gasteiger partial charge in [-0.25, -0.2) is 0 Å². The fraction of sp³-hybridized carbons (Fsp3) is 0. The number of hydrogen-bond acceptors (Lipinski definition) is 3. The van der Waals surface area contributed by atoms with E-state index in [0.29, 0.717) is 0 Å². The summed E-state index contributed by atoms with van der Waals surface area (Å²) in [5.41, 5.74) is 5.90. The topological polar surface area (TPSA) is 3.24 Å². The summed E-state index contributed by atoms with van der Waals surface area (Å²) in [6, 6.07) is 48.4. The summed E-state index contributed by atoms with van der Waals surface area (Å²) in [7, 11) is 0. The lowest BCUT2D eigenvalue weighted by molar-refractivity contribution is 1.31. The lowest BCUT2D eigenvalue weighted by Gasteiger charge is -2.27. The zero-order valence-electron chi connectivity index (χ0n) is 21.3. The third-order valence-electron chi connectivity index (χ3n) is 7.52. The highest BCUT2D eigenvalue weighted by Gasteiger charge is 2.20. The molecule has 0 N–H and O–H groups in total. The molecule has 0 radical (unpaired) electrons. The third kappa shape index (κ3) is 3.95. The summed E-state index contributed by atoms with van der Waals surface area (Å²) in [6.07, 6.45) is 0. The fourth-order valence-electron chi connectivity index (χ4n) is 5.65. The zero-order chi connectivity index (χ0) is 26.6. The maximum Gasteiger partial charge on any atom is 0.0651 e. The van der Waals surface area contributed by atoms with E-state index in [4.69, 9.17) is 0 Å². The van der Waals surface area contributed by atoms with E-state index in [1.165, 1.54) is 57.2 Å². The maximum atomic E-state index is 3.86. The van der Waals surface area contributed by atoms with E-state index in [1.54, 1.807) is 0 Å². The normalized spacial score (nSPS) is 11.6. The first-order chi connectivity index (χ1) is 19.7. The van der Waals surface area contributed by atoms with Gasteiger partial charge in [0.1, 0.15) is 0 Å². The Morgan fingerprint density at radius 3 is 1.82 bits per heavy atom. The molecule has 0 aliphatic heterocycles. The Kier molecular flexibility index (Phi) is 5.73. The van der Waals surface area contributed by atoms with Crippen molar-refractivity contribution < 1.29 is 0 Å². The molecule has 2 heterocycles. The van der Waals surface area contributed by atoms with Crippen LogP contribution in [0.1, 0.15) is 0 Å². The van der Waals surface area contributed by atoms with Crippen molar-refractivity contribution in [3.63, 3.8) is 0 Å². The van der Waals surface area contributed by atoms with Crippen molar-refractivity contribution in [2.75, 3.05) is 4.90 Å². The van der Waals surface area contributed by atoms with Crippen molar-refractivity contribution in [2.45, 2.75) is 0 Å². The van der Waals surface area contributed by atoms with Crippen LogP contribution in [0.4, 0.5) is 17.1 Å². The fourth-order valence-corrected chi connectivity index (χ4v) is 8.37. The van der Waals surface area contributed by atoms with Crippen LogP contribution in [0.5, 0.6) is 0 Å². The van der Waals surface area contributed by atoms with Crippen LogP contribution in [0.2, 0.25) is 0 Å².